The SMILES string of the molecule is COc1ccc(CN2CCc3nc(-c4cncnc4)[nH]c(=O)c3C2)cc1. The van der Waals surface area contributed by atoms with E-state index in [0.29, 0.717) is 17.9 Å². The monoisotopic (exact) mass is 349 g/mol. The molecule has 26 heavy (non-hydrogen) atoms. The molecule has 2 aromatic heterocycles. The zero-order valence-electron chi connectivity index (χ0n) is 14.5. The van der Waals surface area contributed by atoms with E-state index in [0.717, 1.165) is 36.5 Å². The molecule has 0 atom stereocenters. The third-order valence-electron chi connectivity index (χ3n) is 4.55. The van der Waals surface area contributed by atoms with Crippen LogP contribution in [0.3, 0.4) is 0 Å². The topological polar surface area (TPSA) is 84.0 Å². The minimum Gasteiger partial charge on any atom is -0.497 e. The molecule has 3 aromatic rings. The molecule has 1 aliphatic rings. The van der Waals surface area contributed by atoms with Crippen molar-refractivity contribution in [3.05, 3.63) is 70.2 Å². The highest BCUT2D eigenvalue weighted by Crippen LogP contribution is 2.20. The van der Waals surface area contributed by atoms with Gasteiger partial charge in [-0.25, -0.2) is 15.0 Å². The number of H-pyrrole nitrogens is 1. The lowest BCUT2D eigenvalue weighted by Gasteiger charge is -2.27. The van der Waals surface area contributed by atoms with Gasteiger partial charge < -0.3 is 9.72 Å². The van der Waals surface area contributed by atoms with Gasteiger partial charge in [0.15, 0.2) is 0 Å². The highest BCUT2D eigenvalue weighted by atomic mass is 16.5. The minimum absolute atomic E-state index is 0.0896. The first-order valence-electron chi connectivity index (χ1n) is 8.45. The molecule has 1 aromatic carbocycles. The van der Waals surface area contributed by atoms with Gasteiger partial charge in [-0.15, -0.1) is 0 Å². The van der Waals surface area contributed by atoms with E-state index < -0.39 is 0 Å². The van der Waals surface area contributed by atoms with Gasteiger partial charge in [-0.1, -0.05) is 12.1 Å². The number of fused-ring (bicyclic) bond motifs is 1. The number of aromatic nitrogens is 4. The number of nitrogens with zero attached hydrogens (tertiary/aromatic N) is 4. The summed E-state index contributed by atoms with van der Waals surface area (Å²) in [5, 5.41) is 0. The van der Waals surface area contributed by atoms with Crippen molar-refractivity contribution in [3.63, 3.8) is 0 Å². The van der Waals surface area contributed by atoms with Gasteiger partial charge in [-0.2, -0.15) is 0 Å². The van der Waals surface area contributed by atoms with Crippen LogP contribution < -0.4 is 10.3 Å². The summed E-state index contributed by atoms with van der Waals surface area (Å²) in [5.74, 6) is 1.37. The summed E-state index contributed by atoms with van der Waals surface area (Å²) in [4.78, 5) is 30.3. The largest absolute Gasteiger partial charge is 0.497 e. The Labute approximate surface area is 150 Å². The predicted octanol–water partition coefficient (Wildman–Crippen LogP) is 1.79. The van der Waals surface area contributed by atoms with Gasteiger partial charge in [0.05, 0.1) is 23.9 Å². The molecule has 0 unspecified atom stereocenters. The molecule has 0 fully saturated rings. The van der Waals surface area contributed by atoms with Crippen molar-refractivity contribution in [2.45, 2.75) is 19.5 Å². The predicted molar refractivity (Wildman–Crippen MR) is 96.7 cm³/mol. The number of benzene rings is 1. The molecule has 0 saturated heterocycles. The summed E-state index contributed by atoms with van der Waals surface area (Å²) < 4.78 is 5.19. The summed E-state index contributed by atoms with van der Waals surface area (Å²) in [5.41, 5.74) is 3.42. The smallest absolute Gasteiger partial charge is 0.255 e. The van der Waals surface area contributed by atoms with Gasteiger partial charge in [0.25, 0.3) is 5.56 Å². The molecule has 0 spiro atoms. The number of aromatic amines is 1. The molecule has 0 amide bonds. The van der Waals surface area contributed by atoms with Crippen molar-refractivity contribution in [1.82, 2.24) is 24.8 Å². The van der Waals surface area contributed by atoms with Gasteiger partial charge in [0, 0.05) is 38.4 Å². The normalized spacial score (nSPS) is 14.0. The van der Waals surface area contributed by atoms with Crippen molar-refractivity contribution >= 4 is 0 Å². The fourth-order valence-electron chi connectivity index (χ4n) is 3.16. The van der Waals surface area contributed by atoms with E-state index in [4.69, 9.17) is 4.74 Å². The van der Waals surface area contributed by atoms with Gasteiger partial charge in [0.2, 0.25) is 0 Å². The first kappa shape index (κ1) is 16.4. The van der Waals surface area contributed by atoms with Crippen LogP contribution in [0.5, 0.6) is 5.75 Å². The van der Waals surface area contributed by atoms with Crippen LogP contribution in [0.2, 0.25) is 0 Å². The van der Waals surface area contributed by atoms with Crippen molar-refractivity contribution < 1.29 is 4.74 Å². The lowest BCUT2D eigenvalue weighted by Crippen LogP contribution is -2.35. The minimum atomic E-state index is -0.0896. The zero-order chi connectivity index (χ0) is 17.9. The molecule has 132 valence electrons. The van der Waals surface area contributed by atoms with Crippen LogP contribution in [0.25, 0.3) is 11.4 Å². The van der Waals surface area contributed by atoms with Crippen LogP contribution in [0.15, 0.2) is 47.8 Å². The Morgan fingerprint density at radius 2 is 1.96 bits per heavy atom. The average Bonchev–Trinajstić information content (AvgIpc) is 2.69. The summed E-state index contributed by atoms with van der Waals surface area (Å²) in [6, 6.07) is 8.01. The Hall–Kier alpha value is -3.06. The number of hydrogen-bond acceptors (Lipinski definition) is 6. The van der Waals surface area contributed by atoms with E-state index in [2.05, 4.69) is 37.0 Å². The average molecular weight is 349 g/mol. The van der Waals surface area contributed by atoms with Crippen molar-refractivity contribution in [2.24, 2.45) is 0 Å². The number of rotatable bonds is 4. The summed E-state index contributed by atoms with van der Waals surface area (Å²) in [7, 11) is 1.66. The molecule has 4 rings (SSSR count). The highest BCUT2D eigenvalue weighted by Gasteiger charge is 2.21. The van der Waals surface area contributed by atoms with E-state index in [1.54, 1.807) is 19.5 Å². The maximum absolute atomic E-state index is 12.6. The molecule has 3 heterocycles. The van der Waals surface area contributed by atoms with Gasteiger partial charge in [-0.05, 0) is 17.7 Å². The van der Waals surface area contributed by atoms with Crippen LogP contribution >= 0.6 is 0 Å². The Morgan fingerprint density at radius 3 is 2.69 bits per heavy atom. The first-order chi connectivity index (χ1) is 12.7. The molecule has 1 N–H and O–H groups in total. The van der Waals surface area contributed by atoms with Crippen LogP contribution in [-0.2, 0) is 19.5 Å². The fraction of sp³-hybridized carbons (Fsp3) is 0.263. The van der Waals surface area contributed by atoms with Crippen LogP contribution in [0, 0.1) is 0 Å². The second-order valence-electron chi connectivity index (χ2n) is 6.28. The lowest BCUT2D eigenvalue weighted by molar-refractivity contribution is 0.242. The van der Waals surface area contributed by atoms with E-state index in [1.807, 2.05) is 12.1 Å². The maximum atomic E-state index is 12.6. The molecular weight excluding hydrogens is 330 g/mol. The molecule has 0 radical (unpaired) electrons. The third-order valence-corrected chi connectivity index (χ3v) is 4.55. The van der Waals surface area contributed by atoms with Gasteiger partial charge in [0.1, 0.15) is 17.9 Å². The Morgan fingerprint density at radius 1 is 1.19 bits per heavy atom. The number of ether oxygens (including phenoxy) is 1. The van der Waals surface area contributed by atoms with E-state index in [1.165, 1.54) is 11.9 Å². The summed E-state index contributed by atoms with van der Waals surface area (Å²) >= 11 is 0. The molecule has 0 saturated carbocycles. The molecular formula is C19H19N5O2. The van der Waals surface area contributed by atoms with E-state index >= 15 is 0 Å². The third kappa shape index (κ3) is 3.34. The van der Waals surface area contributed by atoms with Crippen molar-refractivity contribution in [2.75, 3.05) is 13.7 Å². The number of hydrogen-bond donors (Lipinski definition) is 1. The van der Waals surface area contributed by atoms with Gasteiger partial charge >= 0.3 is 0 Å². The summed E-state index contributed by atoms with van der Waals surface area (Å²) in [6.45, 7) is 2.24. The van der Waals surface area contributed by atoms with Crippen LogP contribution in [-0.4, -0.2) is 38.5 Å². The van der Waals surface area contributed by atoms with Crippen molar-refractivity contribution in [3.8, 4) is 17.1 Å². The number of nitrogens with one attached hydrogen (secondary N) is 1. The van der Waals surface area contributed by atoms with Crippen molar-refractivity contribution in [1.29, 1.82) is 0 Å². The highest BCUT2D eigenvalue weighted by molar-refractivity contribution is 5.52. The Kier molecular flexibility index (Phi) is 4.45. The Balaban J connectivity index is 1.54. The maximum Gasteiger partial charge on any atom is 0.255 e. The number of methoxy groups -OCH3 is 1. The van der Waals surface area contributed by atoms with E-state index in [-0.39, 0.29) is 5.56 Å². The molecule has 7 heteroatoms. The molecule has 1 aliphatic heterocycles. The molecule has 0 bridgehead atoms. The fourth-order valence-corrected chi connectivity index (χ4v) is 3.16. The first-order valence-corrected chi connectivity index (χ1v) is 8.45. The van der Waals surface area contributed by atoms with Crippen LogP contribution in [0.4, 0.5) is 0 Å². The second-order valence-corrected chi connectivity index (χ2v) is 6.28. The quantitative estimate of drug-likeness (QED) is 0.773. The van der Waals surface area contributed by atoms with Gasteiger partial charge in [-0.3, -0.25) is 9.69 Å². The molecule has 7 nitrogen and oxygen atoms in total. The zero-order valence-corrected chi connectivity index (χ0v) is 14.5. The van der Waals surface area contributed by atoms with Crippen LogP contribution in [0.1, 0.15) is 16.8 Å². The summed E-state index contributed by atoms with van der Waals surface area (Å²) in [6.07, 6.45) is 5.50. The molecule has 0 aliphatic carbocycles. The lowest BCUT2D eigenvalue weighted by atomic mass is 10.1. The standard InChI is InChI=1S/C19H19N5O2/c1-26-15-4-2-13(3-5-15)10-24-7-6-17-16(11-24)19(25)23-18(22-17)14-8-20-12-21-9-14/h2-5,8-9,12H,6-7,10-11H2,1H3,(H,22,23,25). The second kappa shape index (κ2) is 7.05. The Bertz CT molecular complexity index is 954. The van der Waals surface area contributed by atoms with E-state index in [9.17, 15) is 4.79 Å².